The lowest BCUT2D eigenvalue weighted by Gasteiger charge is -2.11. The predicted molar refractivity (Wildman–Crippen MR) is 117 cm³/mol. The Kier molecular flexibility index (Phi) is 3.95. The second-order valence-corrected chi connectivity index (χ2v) is 7.17. The highest BCUT2D eigenvalue weighted by molar-refractivity contribution is 6.17. The molecule has 0 spiro atoms. The molecule has 0 fully saturated rings. The van der Waals surface area contributed by atoms with E-state index in [0.29, 0.717) is 0 Å². The fourth-order valence-corrected chi connectivity index (χ4v) is 3.64. The Morgan fingerprint density at radius 2 is 1.45 bits per heavy atom. The van der Waals surface area contributed by atoms with Crippen molar-refractivity contribution < 1.29 is 9.53 Å². The number of nitrogens with zero attached hydrogens (tertiary/aromatic N) is 3. The van der Waals surface area contributed by atoms with E-state index in [9.17, 15) is 4.79 Å². The van der Waals surface area contributed by atoms with Crippen LogP contribution in [0.4, 0.5) is 5.69 Å². The zero-order valence-corrected chi connectivity index (χ0v) is 16.2. The maximum atomic E-state index is 12.5. The van der Waals surface area contributed by atoms with Crippen LogP contribution < -0.4 is 4.90 Å². The molecule has 29 heavy (non-hydrogen) atoms. The molecule has 1 aliphatic rings. The highest BCUT2D eigenvalue weighted by Gasteiger charge is 2.26. The molecule has 142 valence electrons. The largest absolute Gasteiger partial charge is 0.419 e. The third kappa shape index (κ3) is 2.88. The second kappa shape index (κ2) is 6.63. The average molecular weight is 381 g/mol. The molecule has 4 aromatic rings. The molecule has 0 saturated heterocycles. The number of hydrogen-bond acceptors (Lipinski definition) is 3. The molecule has 1 amide bonds. The number of hydrogen-bond donors (Lipinski definition) is 0. The van der Waals surface area contributed by atoms with E-state index in [4.69, 9.17) is 4.74 Å². The minimum absolute atomic E-state index is 0.222. The monoisotopic (exact) mass is 381 g/mol. The van der Waals surface area contributed by atoms with Gasteiger partial charge in [0.05, 0.1) is 11.0 Å². The van der Waals surface area contributed by atoms with Crippen molar-refractivity contribution >= 4 is 45.5 Å². The van der Waals surface area contributed by atoms with Crippen molar-refractivity contribution in [3.05, 3.63) is 84.1 Å². The van der Waals surface area contributed by atoms with E-state index >= 15 is 0 Å². The van der Waals surface area contributed by atoms with Gasteiger partial charge in [0.25, 0.3) is 0 Å². The van der Waals surface area contributed by atoms with Gasteiger partial charge in [0.15, 0.2) is 5.76 Å². The lowest BCUT2D eigenvalue weighted by Crippen LogP contribution is -2.11. The van der Waals surface area contributed by atoms with Crippen LogP contribution in [0.25, 0.3) is 27.9 Å². The molecule has 5 heteroatoms. The number of carbonyl (C=O) groups is 1. The Morgan fingerprint density at radius 3 is 2.03 bits per heavy atom. The van der Waals surface area contributed by atoms with Crippen LogP contribution >= 0.6 is 0 Å². The van der Waals surface area contributed by atoms with Crippen molar-refractivity contribution in [3.63, 3.8) is 0 Å². The van der Waals surface area contributed by atoms with Crippen LogP contribution in [0, 0.1) is 0 Å². The number of benzene rings is 3. The first-order chi connectivity index (χ1) is 14.1. The molecule has 1 aliphatic heterocycles. The van der Waals surface area contributed by atoms with Crippen molar-refractivity contribution in [3.8, 4) is 0 Å². The Balaban J connectivity index is 1.56. The summed E-state index contributed by atoms with van der Waals surface area (Å²) in [5.74, 6) is -0.155. The van der Waals surface area contributed by atoms with E-state index in [-0.39, 0.29) is 17.7 Å². The lowest BCUT2D eigenvalue weighted by molar-refractivity contribution is -0.115. The van der Waals surface area contributed by atoms with Gasteiger partial charge in [-0.2, -0.15) is 4.99 Å². The van der Waals surface area contributed by atoms with Crippen molar-refractivity contribution in [2.75, 3.05) is 19.0 Å². The van der Waals surface area contributed by atoms with Crippen LogP contribution in [0.2, 0.25) is 0 Å². The molecule has 2 heterocycles. The topological polar surface area (TPSA) is 46.8 Å². The average Bonchev–Trinajstić information content (AvgIpc) is 3.26. The summed E-state index contributed by atoms with van der Waals surface area (Å²) in [6.45, 7) is 0. The van der Waals surface area contributed by atoms with Crippen molar-refractivity contribution in [1.29, 1.82) is 0 Å². The van der Waals surface area contributed by atoms with Gasteiger partial charge in [-0.25, -0.2) is 0 Å². The Bertz CT molecular complexity index is 1260. The summed E-state index contributed by atoms with van der Waals surface area (Å²) in [5, 5.41) is 2.19. The van der Waals surface area contributed by atoms with E-state index in [1.165, 1.54) is 0 Å². The van der Waals surface area contributed by atoms with Crippen LogP contribution in [-0.4, -0.2) is 30.6 Å². The first kappa shape index (κ1) is 17.3. The normalized spacial score (nSPS) is 15.2. The van der Waals surface area contributed by atoms with Gasteiger partial charge >= 0.3 is 11.9 Å². The smallest absolute Gasteiger partial charge is 0.317 e. The number of aromatic nitrogens is 1. The SMILES string of the molecule is CN(C)c1ccc(/C=C2/OC(n3c4ccccc4c4ccccc43)=NC2=O)cc1. The number of aliphatic imine (C=N–C) groups is 1. The van der Waals surface area contributed by atoms with E-state index < -0.39 is 0 Å². The molecule has 0 atom stereocenters. The lowest BCUT2D eigenvalue weighted by atomic mass is 10.2. The van der Waals surface area contributed by atoms with E-state index in [2.05, 4.69) is 17.1 Å². The van der Waals surface area contributed by atoms with Gasteiger partial charge in [0.1, 0.15) is 0 Å². The predicted octanol–water partition coefficient (Wildman–Crippen LogP) is 4.66. The Morgan fingerprint density at radius 1 is 0.862 bits per heavy atom. The number of amides is 1. The maximum absolute atomic E-state index is 12.5. The molecule has 5 nitrogen and oxygen atoms in total. The van der Waals surface area contributed by atoms with E-state index in [1.54, 1.807) is 6.08 Å². The van der Waals surface area contributed by atoms with Crippen LogP contribution in [0.5, 0.6) is 0 Å². The number of anilines is 1. The second-order valence-electron chi connectivity index (χ2n) is 7.17. The number of para-hydroxylation sites is 2. The van der Waals surface area contributed by atoms with Gasteiger partial charge in [-0.15, -0.1) is 0 Å². The summed E-state index contributed by atoms with van der Waals surface area (Å²) in [6, 6.07) is 24.3. The van der Waals surface area contributed by atoms with Gasteiger partial charge < -0.3 is 9.64 Å². The summed E-state index contributed by atoms with van der Waals surface area (Å²) in [6.07, 6.45) is 1.73. The molecule has 0 aliphatic carbocycles. The molecule has 1 aromatic heterocycles. The fourth-order valence-electron chi connectivity index (χ4n) is 3.64. The minimum Gasteiger partial charge on any atom is -0.419 e. The third-order valence-electron chi connectivity index (χ3n) is 5.09. The van der Waals surface area contributed by atoms with Crippen LogP contribution in [-0.2, 0) is 9.53 Å². The molecular formula is C24H19N3O2. The number of ether oxygens (including phenoxy) is 1. The minimum atomic E-state index is -0.376. The molecule has 5 rings (SSSR count). The van der Waals surface area contributed by atoms with Gasteiger partial charge in [-0.3, -0.25) is 9.36 Å². The highest BCUT2D eigenvalue weighted by Crippen LogP contribution is 2.30. The van der Waals surface area contributed by atoms with Gasteiger partial charge in [-0.1, -0.05) is 48.5 Å². The van der Waals surface area contributed by atoms with Gasteiger partial charge in [-0.05, 0) is 35.9 Å². The molecule has 3 aromatic carbocycles. The van der Waals surface area contributed by atoms with E-state index in [0.717, 1.165) is 33.1 Å². The fraction of sp³-hybridized carbons (Fsp3) is 0.0833. The van der Waals surface area contributed by atoms with Gasteiger partial charge in [0, 0.05) is 30.6 Å². The summed E-state index contributed by atoms with van der Waals surface area (Å²) in [5.41, 5.74) is 3.89. The van der Waals surface area contributed by atoms with Crippen molar-refractivity contribution in [2.24, 2.45) is 4.99 Å². The van der Waals surface area contributed by atoms with Crippen LogP contribution in [0.3, 0.4) is 0 Å². The first-order valence-electron chi connectivity index (χ1n) is 9.40. The number of carbonyl (C=O) groups excluding carboxylic acids is 1. The zero-order chi connectivity index (χ0) is 20.0. The molecule has 0 unspecified atom stereocenters. The summed E-state index contributed by atoms with van der Waals surface area (Å²) >= 11 is 0. The maximum Gasteiger partial charge on any atom is 0.317 e. The number of fused-ring (bicyclic) bond motifs is 3. The summed E-state index contributed by atoms with van der Waals surface area (Å²) in [7, 11) is 3.98. The zero-order valence-electron chi connectivity index (χ0n) is 16.2. The first-order valence-corrected chi connectivity index (χ1v) is 9.40. The van der Waals surface area contributed by atoms with Gasteiger partial charge in [0.2, 0.25) is 0 Å². The summed E-state index contributed by atoms with van der Waals surface area (Å²) < 4.78 is 7.83. The quantitative estimate of drug-likeness (QED) is 0.474. The van der Waals surface area contributed by atoms with Crippen LogP contribution in [0.15, 0.2) is 83.5 Å². The third-order valence-corrected chi connectivity index (χ3v) is 5.09. The van der Waals surface area contributed by atoms with Crippen molar-refractivity contribution in [1.82, 2.24) is 4.57 Å². The van der Waals surface area contributed by atoms with Crippen LogP contribution in [0.1, 0.15) is 5.56 Å². The molecule has 0 saturated carbocycles. The molecule has 0 bridgehead atoms. The Hall–Kier alpha value is -3.86. The Labute approximate surface area is 168 Å². The van der Waals surface area contributed by atoms with Crippen molar-refractivity contribution in [2.45, 2.75) is 0 Å². The molecule has 0 N–H and O–H groups in total. The van der Waals surface area contributed by atoms with E-state index in [1.807, 2.05) is 84.2 Å². The summed E-state index contributed by atoms with van der Waals surface area (Å²) in [4.78, 5) is 18.8. The highest BCUT2D eigenvalue weighted by atomic mass is 16.5. The molecule has 0 radical (unpaired) electrons. The molecular weight excluding hydrogens is 362 g/mol. The number of rotatable bonds is 2. The standard InChI is InChI=1S/C24H19N3O2/c1-26(2)17-13-11-16(12-14-17)15-22-23(28)25-24(29-22)27-20-9-5-3-7-18(20)19-8-4-6-10-21(19)27/h3-15H,1-2H3/b22-15+.